The normalized spacial score (nSPS) is 13.3. The molecule has 4 rings (SSSR count). The van der Waals surface area contributed by atoms with Crippen LogP contribution in [0.1, 0.15) is 16.7 Å². The minimum Gasteiger partial charge on any atom is -0.359 e. The standard InChI is InChI=1S/C21H23N5/c1-25(14-9-17-6-11-22-12-7-17)20-8-13-23-21(24-20)26-15-10-18-4-2-3-5-19(18)16-26/h2-8,11-13H,9-10,14-16H2,1H3. The zero-order chi connectivity index (χ0) is 17.8. The summed E-state index contributed by atoms with van der Waals surface area (Å²) in [5.74, 6) is 1.77. The molecule has 0 spiro atoms. The molecule has 0 radical (unpaired) electrons. The molecule has 0 saturated heterocycles. The molecule has 0 atom stereocenters. The molecule has 0 aliphatic carbocycles. The second-order valence-corrected chi connectivity index (χ2v) is 6.68. The first kappa shape index (κ1) is 16.5. The van der Waals surface area contributed by atoms with Gasteiger partial charge < -0.3 is 9.80 Å². The molecule has 0 unspecified atom stereocenters. The summed E-state index contributed by atoms with van der Waals surface area (Å²) < 4.78 is 0. The van der Waals surface area contributed by atoms with Crippen LogP contribution in [0, 0.1) is 0 Å². The Morgan fingerprint density at radius 3 is 2.65 bits per heavy atom. The Balaban J connectivity index is 1.45. The van der Waals surface area contributed by atoms with E-state index >= 15 is 0 Å². The van der Waals surface area contributed by atoms with E-state index < -0.39 is 0 Å². The lowest BCUT2D eigenvalue weighted by atomic mass is 10.0. The van der Waals surface area contributed by atoms with Crippen molar-refractivity contribution in [3.8, 4) is 0 Å². The van der Waals surface area contributed by atoms with Crippen molar-refractivity contribution < 1.29 is 0 Å². The van der Waals surface area contributed by atoms with E-state index in [9.17, 15) is 0 Å². The Hall–Kier alpha value is -2.95. The fraction of sp³-hybridized carbons (Fsp3) is 0.286. The second kappa shape index (κ2) is 7.52. The number of hydrogen-bond acceptors (Lipinski definition) is 5. The topological polar surface area (TPSA) is 45.2 Å². The summed E-state index contributed by atoms with van der Waals surface area (Å²) in [6.45, 7) is 2.74. The van der Waals surface area contributed by atoms with Crippen LogP contribution in [0.15, 0.2) is 61.1 Å². The van der Waals surface area contributed by atoms with Crippen LogP contribution in [-0.2, 0) is 19.4 Å². The summed E-state index contributed by atoms with van der Waals surface area (Å²) in [6.07, 6.45) is 7.55. The smallest absolute Gasteiger partial charge is 0.227 e. The maximum Gasteiger partial charge on any atom is 0.227 e. The van der Waals surface area contributed by atoms with Crippen LogP contribution >= 0.6 is 0 Å². The molecule has 1 aliphatic heterocycles. The molecule has 0 fully saturated rings. The minimum atomic E-state index is 0.813. The molecule has 3 heterocycles. The summed E-state index contributed by atoms with van der Waals surface area (Å²) in [5.41, 5.74) is 4.10. The van der Waals surface area contributed by atoms with Crippen LogP contribution in [0.2, 0.25) is 0 Å². The lowest BCUT2D eigenvalue weighted by Gasteiger charge is -2.29. The van der Waals surface area contributed by atoms with Crippen molar-refractivity contribution in [1.29, 1.82) is 0 Å². The van der Waals surface area contributed by atoms with Crippen molar-refractivity contribution in [3.63, 3.8) is 0 Å². The van der Waals surface area contributed by atoms with Crippen LogP contribution in [0.3, 0.4) is 0 Å². The first-order valence-electron chi connectivity index (χ1n) is 9.04. The van der Waals surface area contributed by atoms with Crippen molar-refractivity contribution in [2.45, 2.75) is 19.4 Å². The molecular weight excluding hydrogens is 322 g/mol. The number of aromatic nitrogens is 3. The molecule has 1 aliphatic rings. The predicted molar refractivity (Wildman–Crippen MR) is 104 cm³/mol. The maximum absolute atomic E-state index is 4.81. The fourth-order valence-electron chi connectivity index (χ4n) is 3.33. The van der Waals surface area contributed by atoms with Crippen molar-refractivity contribution in [2.75, 3.05) is 29.9 Å². The van der Waals surface area contributed by atoms with E-state index in [0.29, 0.717) is 0 Å². The molecule has 0 N–H and O–H groups in total. The van der Waals surface area contributed by atoms with Crippen LogP contribution in [-0.4, -0.2) is 35.1 Å². The summed E-state index contributed by atoms with van der Waals surface area (Å²) in [6, 6.07) is 14.7. The molecule has 3 aromatic rings. The van der Waals surface area contributed by atoms with Gasteiger partial charge in [-0.25, -0.2) is 4.98 Å². The van der Waals surface area contributed by atoms with Gasteiger partial charge in [-0.2, -0.15) is 4.98 Å². The Kier molecular flexibility index (Phi) is 4.78. The monoisotopic (exact) mass is 345 g/mol. The van der Waals surface area contributed by atoms with Crippen LogP contribution in [0.25, 0.3) is 0 Å². The largest absolute Gasteiger partial charge is 0.359 e. The lowest BCUT2D eigenvalue weighted by Crippen LogP contribution is -2.32. The highest BCUT2D eigenvalue weighted by molar-refractivity contribution is 5.45. The highest BCUT2D eigenvalue weighted by atomic mass is 15.3. The highest BCUT2D eigenvalue weighted by Gasteiger charge is 2.18. The summed E-state index contributed by atoms with van der Waals surface area (Å²) >= 11 is 0. The zero-order valence-electron chi connectivity index (χ0n) is 15.0. The second-order valence-electron chi connectivity index (χ2n) is 6.68. The lowest BCUT2D eigenvalue weighted by molar-refractivity contribution is 0.705. The maximum atomic E-state index is 4.81. The van der Waals surface area contributed by atoms with Crippen LogP contribution < -0.4 is 9.80 Å². The first-order valence-corrected chi connectivity index (χ1v) is 9.04. The average molecular weight is 345 g/mol. The van der Waals surface area contributed by atoms with Gasteiger partial charge in [0.1, 0.15) is 5.82 Å². The molecule has 0 amide bonds. The van der Waals surface area contributed by atoms with Gasteiger partial charge in [0.05, 0.1) is 0 Å². The summed E-state index contributed by atoms with van der Waals surface area (Å²) in [7, 11) is 2.08. The van der Waals surface area contributed by atoms with Gasteiger partial charge in [0.2, 0.25) is 5.95 Å². The number of rotatable bonds is 5. The van der Waals surface area contributed by atoms with Gasteiger partial charge in [0, 0.05) is 45.3 Å². The van der Waals surface area contributed by atoms with E-state index in [1.165, 1.54) is 16.7 Å². The molecule has 2 aromatic heterocycles. The van der Waals surface area contributed by atoms with Gasteiger partial charge >= 0.3 is 0 Å². The SMILES string of the molecule is CN(CCc1ccncc1)c1ccnc(N2CCc3ccccc3C2)n1. The highest BCUT2D eigenvalue weighted by Crippen LogP contribution is 2.23. The van der Waals surface area contributed by atoms with E-state index in [2.05, 4.69) is 63.2 Å². The molecule has 132 valence electrons. The minimum absolute atomic E-state index is 0.813. The van der Waals surface area contributed by atoms with Crippen LogP contribution in [0.4, 0.5) is 11.8 Å². The molecule has 0 bridgehead atoms. The van der Waals surface area contributed by atoms with E-state index in [1.54, 1.807) is 0 Å². The average Bonchev–Trinajstić information content (AvgIpc) is 2.72. The summed E-state index contributed by atoms with van der Waals surface area (Å²) in [4.78, 5) is 17.8. The van der Waals surface area contributed by atoms with E-state index in [-0.39, 0.29) is 0 Å². The number of likely N-dealkylation sites (N-methyl/N-ethyl adjacent to an activating group) is 1. The van der Waals surface area contributed by atoms with Crippen molar-refractivity contribution in [3.05, 3.63) is 77.7 Å². The number of pyridine rings is 1. The van der Waals surface area contributed by atoms with Crippen molar-refractivity contribution in [1.82, 2.24) is 15.0 Å². The first-order chi connectivity index (χ1) is 12.8. The number of benzene rings is 1. The molecule has 1 aromatic carbocycles. The van der Waals surface area contributed by atoms with Gasteiger partial charge in [-0.3, -0.25) is 4.98 Å². The third-order valence-corrected chi connectivity index (χ3v) is 4.92. The Morgan fingerprint density at radius 2 is 1.81 bits per heavy atom. The molecule has 26 heavy (non-hydrogen) atoms. The molecule has 5 nitrogen and oxygen atoms in total. The third kappa shape index (κ3) is 3.67. The number of hydrogen-bond donors (Lipinski definition) is 0. The van der Waals surface area contributed by atoms with E-state index in [1.807, 2.05) is 24.7 Å². The Morgan fingerprint density at radius 1 is 1.00 bits per heavy atom. The van der Waals surface area contributed by atoms with E-state index in [0.717, 1.165) is 44.2 Å². The Bertz CT molecular complexity index is 865. The van der Waals surface area contributed by atoms with Crippen LogP contribution in [0.5, 0.6) is 0 Å². The quantitative estimate of drug-likeness (QED) is 0.711. The van der Waals surface area contributed by atoms with Crippen molar-refractivity contribution in [2.24, 2.45) is 0 Å². The molecular formula is C21H23N5. The van der Waals surface area contributed by atoms with Gasteiger partial charge in [0.25, 0.3) is 0 Å². The van der Waals surface area contributed by atoms with E-state index in [4.69, 9.17) is 4.98 Å². The number of fused-ring (bicyclic) bond motifs is 1. The van der Waals surface area contributed by atoms with Crippen molar-refractivity contribution >= 4 is 11.8 Å². The molecule has 0 saturated carbocycles. The zero-order valence-corrected chi connectivity index (χ0v) is 15.0. The number of nitrogens with zero attached hydrogens (tertiary/aromatic N) is 5. The van der Waals surface area contributed by atoms with Gasteiger partial charge in [-0.15, -0.1) is 0 Å². The van der Waals surface area contributed by atoms with Gasteiger partial charge in [-0.1, -0.05) is 24.3 Å². The van der Waals surface area contributed by atoms with Gasteiger partial charge in [-0.05, 0) is 47.7 Å². The number of anilines is 2. The predicted octanol–water partition coefficient (Wildman–Crippen LogP) is 3.11. The van der Waals surface area contributed by atoms with Gasteiger partial charge in [0.15, 0.2) is 0 Å². The Labute approximate surface area is 154 Å². The third-order valence-electron chi connectivity index (χ3n) is 4.92. The molecule has 5 heteroatoms. The fourth-order valence-corrected chi connectivity index (χ4v) is 3.33. The summed E-state index contributed by atoms with van der Waals surface area (Å²) in [5, 5.41) is 0.